The van der Waals surface area contributed by atoms with Crippen molar-refractivity contribution in [1.82, 2.24) is 9.78 Å². The van der Waals surface area contributed by atoms with E-state index in [0.717, 1.165) is 24.0 Å². The van der Waals surface area contributed by atoms with Crippen molar-refractivity contribution in [2.75, 3.05) is 0 Å². The lowest BCUT2D eigenvalue weighted by Crippen LogP contribution is -2.22. The van der Waals surface area contributed by atoms with Crippen molar-refractivity contribution >= 4 is 0 Å². The Hall–Kier alpha value is -1.90. The van der Waals surface area contributed by atoms with Crippen LogP contribution in [0.15, 0.2) is 47.4 Å². The van der Waals surface area contributed by atoms with E-state index in [2.05, 4.69) is 5.10 Å². The van der Waals surface area contributed by atoms with Crippen LogP contribution in [0.2, 0.25) is 0 Å². The van der Waals surface area contributed by atoms with Gasteiger partial charge in [-0.05, 0) is 24.5 Å². The fourth-order valence-electron chi connectivity index (χ4n) is 1.84. The van der Waals surface area contributed by atoms with Gasteiger partial charge in [0.1, 0.15) is 0 Å². The largest absolute Gasteiger partial charge is 0.274 e. The van der Waals surface area contributed by atoms with E-state index in [0.29, 0.717) is 6.04 Å². The number of nitrogens with zero attached hydrogens (tertiary/aromatic N) is 2. The monoisotopic (exact) mass is 212 g/mol. The molecular formula is C13H12N2O. The third kappa shape index (κ3) is 1.54. The molecule has 0 bridgehead atoms. The Morgan fingerprint density at radius 2 is 1.88 bits per heavy atom. The second kappa shape index (κ2) is 3.59. The van der Waals surface area contributed by atoms with Crippen molar-refractivity contribution in [3.05, 3.63) is 52.9 Å². The summed E-state index contributed by atoms with van der Waals surface area (Å²) in [5, 5.41) is 4.13. The van der Waals surface area contributed by atoms with Crippen LogP contribution in [0, 0.1) is 0 Å². The summed E-state index contributed by atoms with van der Waals surface area (Å²) in [7, 11) is 0. The van der Waals surface area contributed by atoms with Crippen LogP contribution < -0.4 is 5.56 Å². The smallest absolute Gasteiger partial charge is 0.267 e. The minimum absolute atomic E-state index is 0.0243. The molecule has 2 aromatic rings. The van der Waals surface area contributed by atoms with Crippen molar-refractivity contribution in [3.8, 4) is 11.1 Å². The van der Waals surface area contributed by atoms with E-state index < -0.39 is 0 Å². The highest BCUT2D eigenvalue weighted by molar-refractivity contribution is 5.61. The van der Waals surface area contributed by atoms with E-state index in [-0.39, 0.29) is 5.56 Å². The Labute approximate surface area is 93.4 Å². The van der Waals surface area contributed by atoms with Gasteiger partial charge in [-0.1, -0.05) is 30.3 Å². The zero-order valence-corrected chi connectivity index (χ0v) is 8.84. The van der Waals surface area contributed by atoms with Gasteiger partial charge in [-0.15, -0.1) is 0 Å². The van der Waals surface area contributed by atoms with Gasteiger partial charge in [0, 0.05) is 6.20 Å². The molecule has 3 rings (SSSR count). The van der Waals surface area contributed by atoms with Gasteiger partial charge in [-0.25, -0.2) is 4.68 Å². The van der Waals surface area contributed by atoms with Gasteiger partial charge >= 0.3 is 0 Å². The maximum absolute atomic E-state index is 12.2. The average Bonchev–Trinajstić information content (AvgIpc) is 3.15. The molecule has 3 heteroatoms. The van der Waals surface area contributed by atoms with Gasteiger partial charge < -0.3 is 0 Å². The number of aromatic nitrogens is 2. The maximum atomic E-state index is 12.2. The van der Waals surface area contributed by atoms with E-state index >= 15 is 0 Å². The predicted molar refractivity (Wildman–Crippen MR) is 62.2 cm³/mol. The SMILES string of the molecule is O=c1c(-c2ccccc2)ccnn1C1CC1. The quantitative estimate of drug-likeness (QED) is 0.765. The minimum atomic E-state index is 0.0243. The standard InChI is InChI=1S/C13H12N2O/c16-13-12(10-4-2-1-3-5-10)8-9-14-15(13)11-6-7-11/h1-5,8-9,11H,6-7H2. The molecule has 1 aliphatic carbocycles. The highest BCUT2D eigenvalue weighted by Crippen LogP contribution is 2.32. The van der Waals surface area contributed by atoms with Gasteiger partial charge in [0.15, 0.2) is 0 Å². The summed E-state index contributed by atoms with van der Waals surface area (Å²) < 4.78 is 1.61. The molecule has 1 aromatic heterocycles. The molecule has 1 aromatic carbocycles. The first-order valence-electron chi connectivity index (χ1n) is 5.49. The average molecular weight is 212 g/mol. The lowest BCUT2D eigenvalue weighted by atomic mass is 10.1. The van der Waals surface area contributed by atoms with Gasteiger partial charge in [0.2, 0.25) is 0 Å². The molecule has 0 spiro atoms. The molecule has 0 amide bonds. The van der Waals surface area contributed by atoms with E-state index in [1.54, 1.807) is 16.9 Å². The third-order valence-electron chi connectivity index (χ3n) is 2.85. The predicted octanol–water partition coefficient (Wildman–Crippen LogP) is 2.25. The minimum Gasteiger partial charge on any atom is -0.267 e. The first kappa shape index (κ1) is 9.33. The molecule has 0 radical (unpaired) electrons. The summed E-state index contributed by atoms with van der Waals surface area (Å²) in [6, 6.07) is 11.9. The van der Waals surface area contributed by atoms with Crippen LogP contribution in [-0.2, 0) is 0 Å². The highest BCUT2D eigenvalue weighted by atomic mass is 16.1. The van der Waals surface area contributed by atoms with Crippen LogP contribution in [0.1, 0.15) is 18.9 Å². The fourth-order valence-corrected chi connectivity index (χ4v) is 1.84. The Morgan fingerprint density at radius 1 is 1.12 bits per heavy atom. The molecule has 0 aliphatic heterocycles. The molecule has 80 valence electrons. The number of hydrogen-bond donors (Lipinski definition) is 0. The zero-order valence-electron chi connectivity index (χ0n) is 8.84. The molecule has 0 unspecified atom stereocenters. The van der Waals surface area contributed by atoms with Crippen molar-refractivity contribution in [1.29, 1.82) is 0 Å². The molecular weight excluding hydrogens is 200 g/mol. The van der Waals surface area contributed by atoms with Gasteiger partial charge in [-0.3, -0.25) is 4.79 Å². The van der Waals surface area contributed by atoms with Gasteiger partial charge in [0.05, 0.1) is 11.6 Å². The molecule has 0 atom stereocenters. The molecule has 0 N–H and O–H groups in total. The van der Waals surface area contributed by atoms with Crippen LogP contribution in [0.5, 0.6) is 0 Å². The van der Waals surface area contributed by atoms with Crippen molar-refractivity contribution in [2.24, 2.45) is 0 Å². The van der Waals surface area contributed by atoms with Crippen LogP contribution in [-0.4, -0.2) is 9.78 Å². The highest BCUT2D eigenvalue weighted by Gasteiger charge is 2.26. The summed E-state index contributed by atoms with van der Waals surface area (Å²) in [5.41, 5.74) is 1.73. The molecule has 3 nitrogen and oxygen atoms in total. The Kier molecular flexibility index (Phi) is 2.10. The number of rotatable bonds is 2. The van der Waals surface area contributed by atoms with Crippen LogP contribution in [0.3, 0.4) is 0 Å². The van der Waals surface area contributed by atoms with Crippen LogP contribution in [0.4, 0.5) is 0 Å². The van der Waals surface area contributed by atoms with Crippen molar-refractivity contribution in [2.45, 2.75) is 18.9 Å². The number of hydrogen-bond acceptors (Lipinski definition) is 2. The van der Waals surface area contributed by atoms with Crippen LogP contribution >= 0.6 is 0 Å². The summed E-state index contributed by atoms with van der Waals surface area (Å²) in [6.07, 6.45) is 3.86. The second-order valence-electron chi connectivity index (χ2n) is 4.09. The summed E-state index contributed by atoms with van der Waals surface area (Å²) in [6.45, 7) is 0. The summed E-state index contributed by atoms with van der Waals surface area (Å²) in [4.78, 5) is 12.2. The van der Waals surface area contributed by atoms with E-state index in [4.69, 9.17) is 0 Å². The summed E-state index contributed by atoms with van der Waals surface area (Å²) in [5.74, 6) is 0. The molecule has 1 saturated carbocycles. The molecule has 1 heterocycles. The van der Waals surface area contributed by atoms with E-state index in [1.165, 1.54) is 0 Å². The lowest BCUT2D eigenvalue weighted by Gasteiger charge is -2.04. The van der Waals surface area contributed by atoms with E-state index in [1.807, 2.05) is 30.3 Å². The Balaban J connectivity index is 2.15. The maximum Gasteiger partial charge on any atom is 0.274 e. The van der Waals surface area contributed by atoms with Gasteiger partial charge in [-0.2, -0.15) is 5.10 Å². The Morgan fingerprint density at radius 3 is 2.56 bits per heavy atom. The van der Waals surface area contributed by atoms with E-state index in [9.17, 15) is 4.79 Å². The fraction of sp³-hybridized carbons (Fsp3) is 0.231. The lowest BCUT2D eigenvalue weighted by molar-refractivity contribution is 0.600. The first-order valence-corrected chi connectivity index (χ1v) is 5.49. The number of benzene rings is 1. The Bertz CT molecular complexity index is 556. The van der Waals surface area contributed by atoms with Crippen LogP contribution in [0.25, 0.3) is 11.1 Å². The zero-order chi connectivity index (χ0) is 11.0. The second-order valence-corrected chi connectivity index (χ2v) is 4.09. The molecule has 16 heavy (non-hydrogen) atoms. The first-order chi connectivity index (χ1) is 7.86. The molecule has 0 saturated heterocycles. The molecule has 1 aliphatic rings. The summed E-state index contributed by atoms with van der Waals surface area (Å²) >= 11 is 0. The van der Waals surface area contributed by atoms with Crippen molar-refractivity contribution < 1.29 is 0 Å². The topological polar surface area (TPSA) is 34.9 Å². The third-order valence-corrected chi connectivity index (χ3v) is 2.85. The normalized spacial score (nSPS) is 15.0. The molecule has 1 fully saturated rings. The van der Waals surface area contributed by atoms with Gasteiger partial charge in [0.25, 0.3) is 5.56 Å². The van der Waals surface area contributed by atoms with Crippen molar-refractivity contribution in [3.63, 3.8) is 0 Å².